The van der Waals surface area contributed by atoms with Crippen LogP contribution in [-0.4, -0.2) is 25.3 Å². The molecular weight excluding hydrogens is 204 g/mol. The molecule has 0 unspecified atom stereocenters. The first-order valence-electron chi connectivity index (χ1n) is 5.87. The molecule has 0 atom stereocenters. The Hall–Kier alpha value is -0.670. The van der Waals surface area contributed by atoms with Gasteiger partial charge >= 0.3 is 0 Å². The van der Waals surface area contributed by atoms with Gasteiger partial charge in [0.2, 0.25) is 0 Å². The predicted octanol–water partition coefficient (Wildman–Crippen LogP) is 3.58. The first-order valence-corrected chi connectivity index (χ1v) is 5.87. The summed E-state index contributed by atoms with van der Waals surface area (Å²) in [6.45, 7) is 17.0. The van der Waals surface area contributed by atoms with Gasteiger partial charge in [-0.3, -0.25) is 4.79 Å². The van der Waals surface area contributed by atoms with Gasteiger partial charge < -0.3 is 9.47 Å². The second-order valence-electron chi connectivity index (χ2n) is 2.72. The maximum atomic E-state index is 10.2. The van der Waals surface area contributed by atoms with E-state index >= 15 is 0 Å². The highest BCUT2D eigenvalue weighted by Gasteiger charge is 1.94. The van der Waals surface area contributed by atoms with Crippen molar-refractivity contribution < 1.29 is 14.3 Å². The summed E-state index contributed by atoms with van der Waals surface area (Å²) >= 11 is 0. The summed E-state index contributed by atoms with van der Waals surface area (Å²) in [7, 11) is 0. The van der Waals surface area contributed by atoms with Crippen molar-refractivity contribution in [3.05, 3.63) is 13.2 Å². The SMILES string of the molecule is C=C.CCC(=O)CC.CCOC(C)OCC. The van der Waals surface area contributed by atoms with E-state index in [-0.39, 0.29) is 6.29 Å². The Morgan fingerprint density at radius 1 is 1.00 bits per heavy atom. The second-order valence-corrected chi connectivity index (χ2v) is 2.72. The smallest absolute Gasteiger partial charge is 0.154 e. The third-order valence-electron chi connectivity index (χ3n) is 1.59. The normalized spacial score (nSPS) is 8.62. The van der Waals surface area contributed by atoms with Crippen LogP contribution in [0.1, 0.15) is 47.5 Å². The van der Waals surface area contributed by atoms with E-state index in [2.05, 4.69) is 13.2 Å². The summed E-state index contributed by atoms with van der Waals surface area (Å²) in [5.41, 5.74) is 0. The lowest BCUT2D eigenvalue weighted by Gasteiger charge is -2.09. The minimum Gasteiger partial charge on any atom is -0.353 e. The van der Waals surface area contributed by atoms with Crippen LogP contribution in [-0.2, 0) is 14.3 Å². The van der Waals surface area contributed by atoms with Crippen LogP contribution in [0.25, 0.3) is 0 Å². The van der Waals surface area contributed by atoms with Gasteiger partial charge in [0, 0.05) is 26.1 Å². The first-order chi connectivity index (χ1) is 7.62. The molecule has 0 N–H and O–H groups in total. The number of ether oxygens (including phenoxy) is 2. The zero-order valence-electron chi connectivity index (χ0n) is 11.5. The summed E-state index contributed by atoms with van der Waals surface area (Å²) in [6, 6.07) is 0. The number of Topliss-reactive ketones (excluding diaryl/α,β-unsaturated/α-hetero) is 1. The fourth-order valence-electron chi connectivity index (χ4n) is 0.768. The molecule has 0 aliphatic carbocycles. The fourth-order valence-corrected chi connectivity index (χ4v) is 0.768. The summed E-state index contributed by atoms with van der Waals surface area (Å²) in [4.78, 5) is 10.2. The minimum absolute atomic E-state index is 0.0370. The van der Waals surface area contributed by atoms with Crippen LogP contribution in [0, 0.1) is 0 Å². The van der Waals surface area contributed by atoms with Crippen LogP contribution in [0.15, 0.2) is 13.2 Å². The number of ketones is 1. The minimum atomic E-state index is -0.0370. The van der Waals surface area contributed by atoms with Crippen LogP contribution in [0.5, 0.6) is 0 Å². The van der Waals surface area contributed by atoms with Crippen molar-refractivity contribution in [2.24, 2.45) is 0 Å². The molecule has 98 valence electrons. The lowest BCUT2D eigenvalue weighted by molar-refractivity contribution is -0.123. The molecule has 0 rings (SSSR count). The van der Waals surface area contributed by atoms with Crippen LogP contribution in [0.2, 0.25) is 0 Å². The first kappa shape index (κ1) is 20.7. The van der Waals surface area contributed by atoms with Gasteiger partial charge in [-0.2, -0.15) is 0 Å². The van der Waals surface area contributed by atoms with E-state index in [1.165, 1.54) is 0 Å². The van der Waals surface area contributed by atoms with E-state index in [1.54, 1.807) is 0 Å². The Morgan fingerprint density at radius 2 is 1.31 bits per heavy atom. The Labute approximate surface area is 101 Å². The van der Waals surface area contributed by atoms with Crippen molar-refractivity contribution >= 4 is 5.78 Å². The Balaban J connectivity index is -0.000000188. The number of hydrogen-bond acceptors (Lipinski definition) is 3. The van der Waals surface area contributed by atoms with Gasteiger partial charge in [0.15, 0.2) is 6.29 Å². The zero-order valence-corrected chi connectivity index (χ0v) is 11.5. The molecule has 16 heavy (non-hydrogen) atoms. The number of rotatable bonds is 6. The molecule has 0 aromatic heterocycles. The molecule has 3 nitrogen and oxygen atoms in total. The molecule has 0 saturated heterocycles. The lowest BCUT2D eigenvalue weighted by atomic mass is 10.3. The van der Waals surface area contributed by atoms with Gasteiger partial charge in [0.05, 0.1) is 0 Å². The molecule has 0 aromatic carbocycles. The van der Waals surface area contributed by atoms with Gasteiger partial charge in [-0.1, -0.05) is 13.8 Å². The highest BCUT2D eigenvalue weighted by Crippen LogP contribution is 1.90. The monoisotopic (exact) mass is 232 g/mol. The molecule has 0 spiro atoms. The van der Waals surface area contributed by atoms with Crippen molar-refractivity contribution in [3.8, 4) is 0 Å². The van der Waals surface area contributed by atoms with Crippen LogP contribution < -0.4 is 0 Å². The Kier molecular flexibility index (Phi) is 25.7. The number of carbonyl (C=O) groups excluding carboxylic acids is 1. The van der Waals surface area contributed by atoms with E-state index in [9.17, 15) is 4.79 Å². The third kappa shape index (κ3) is 23.3. The highest BCUT2D eigenvalue weighted by molar-refractivity contribution is 5.77. The molecule has 0 heterocycles. The van der Waals surface area contributed by atoms with Gasteiger partial charge in [-0.15, -0.1) is 13.2 Å². The Morgan fingerprint density at radius 3 is 1.44 bits per heavy atom. The summed E-state index contributed by atoms with van der Waals surface area (Å²) in [6.07, 6.45) is 1.34. The molecule has 3 heteroatoms. The average Bonchev–Trinajstić information content (AvgIpc) is 2.32. The van der Waals surface area contributed by atoms with Crippen LogP contribution in [0.3, 0.4) is 0 Å². The fraction of sp³-hybridized carbons (Fsp3) is 0.769. The summed E-state index contributed by atoms with van der Waals surface area (Å²) in [5.74, 6) is 0.343. The lowest BCUT2D eigenvalue weighted by Crippen LogP contribution is -2.11. The molecule has 0 aromatic rings. The topological polar surface area (TPSA) is 35.5 Å². The second kappa shape index (κ2) is 19.8. The zero-order chi connectivity index (χ0) is 13.4. The van der Waals surface area contributed by atoms with E-state index in [0.717, 1.165) is 13.2 Å². The molecule has 0 amide bonds. The maximum absolute atomic E-state index is 10.2. The number of hydrogen-bond donors (Lipinski definition) is 0. The van der Waals surface area contributed by atoms with Crippen molar-refractivity contribution in [3.63, 3.8) is 0 Å². The standard InChI is InChI=1S/C6H14O2.C5H10O.C2H4/c1-4-7-6(3)8-5-2;1-3-5(6)4-2;1-2/h6H,4-5H2,1-3H3;3-4H2,1-2H3;1-2H2. The quantitative estimate of drug-likeness (QED) is 0.518. The molecular formula is C13H28O3. The van der Waals surface area contributed by atoms with Gasteiger partial charge in [0.1, 0.15) is 5.78 Å². The van der Waals surface area contributed by atoms with E-state index in [0.29, 0.717) is 18.6 Å². The third-order valence-corrected chi connectivity index (χ3v) is 1.59. The highest BCUT2D eigenvalue weighted by atomic mass is 16.7. The van der Waals surface area contributed by atoms with E-state index in [4.69, 9.17) is 9.47 Å². The van der Waals surface area contributed by atoms with Crippen molar-refractivity contribution in [1.82, 2.24) is 0 Å². The average molecular weight is 232 g/mol. The molecule has 0 aliphatic rings. The van der Waals surface area contributed by atoms with Gasteiger partial charge in [-0.25, -0.2) is 0 Å². The summed E-state index contributed by atoms with van der Waals surface area (Å²) in [5, 5.41) is 0. The Bertz CT molecular complexity index is 123. The van der Waals surface area contributed by atoms with E-state index in [1.807, 2.05) is 34.6 Å². The molecule has 0 bridgehead atoms. The van der Waals surface area contributed by atoms with Gasteiger partial charge in [-0.05, 0) is 20.8 Å². The maximum Gasteiger partial charge on any atom is 0.154 e. The predicted molar refractivity (Wildman–Crippen MR) is 69.6 cm³/mol. The van der Waals surface area contributed by atoms with Crippen molar-refractivity contribution in [2.75, 3.05) is 13.2 Å². The van der Waals surface area contributed by atoms with Crippen LogP contribution in [0.4, 0.5) is 0 Å². The summed E-state index contributed by atoms with van der Waals surface area (Å²) < 4.78 is 10.1. The molecule has 0 fully saturated rings. The van der Waals surface area contributed by atoms with Gasteiger partial charge in [0.25, 0.3) is 0 Å². The van der Waals surface area contributed by atoms with E-state index < -0.39 is 0 Å². The number of carbonyl (C=O) groups is 1. The largest absolute Gasteiger partial charge is 0.353 e. The van der Waals surface area contributed by atoms with Crippen molar-refractivity contribution in [2.45, 2.75) is 53.8 Å². The van der Waals surface area contributed by atoms with Crippen molar-refractivity contribution in [1.29, 1.82) is 0 Å². The molecule has 0 saturated carbocycles. The molecule has 0 radical (unpaired) electrons. The molecule has 0 aliphatic heterocycles. The van der Waals surface area contributed by atoms with Crippen LogP contribution >= 0.6 is 0 Å².